The molecule has 0 aliphatic rings. The van der Waals surface area contributed by atoms with Crippen molar-refractivity contribution in [1.82, 2.24) is 5.32 Å². The summed E-state index contributed by atoms with van der Waals surface area (Å²) in [7, 11) is 0. The minimum absolute atomic E-state index is 0.181. The molecule has 1 unspecified atom stereocenters. The SMILES string of the molecule is Cc1ccc(C)c(C(C)NCc2ccc(Br)cc2F)c1. The van der Waals surface area contributed by atoms with Gasteiger partial charge in [-0.1, -0.05) is 45.8 Å². The number of aryl methyl sites for hydroxylation is 2. The average Bonchev–Trinajstić information content (AvgIpc) is 2.40. The molecule has 1 N–H and O–H groups in total. The van der Waals surface area contributed by atoms with E-state index in [0.717, 1.165) is 4.47 Å². The molecule has 20 heavy (non-hydrogen) atoms. The number of hydrogen-bond acceptors (Lipinski definition) is 1. The molecule has 0 spiro atoms. The van der Waals surface area contributed by atoms with Crippen LogP contribution >= 0.6 is 15.9 Å². The van der Waals surface area contributed by atoms with E-state index in [1.807, 2.05) is 12.1 Å². The lowest BCUT2D eigenvalue weighted by atomic mass is 10.00. The summed E-state index contributed by atoms with van der Waals surface area (Å²) in [6.07, 6.45) is 0. The molecule has 0 saturated carbocycles. The van der Waals surface area contributed by atoms with Gasteiger partial charge in [0.25, 0.3) is 0 Å². The summed E-state index contributed by atoms with van der Waals surface area (Å²) in [4.78, 5) is 0. The van der Waals surface area contributed by atoms with Crippen molar-refractivity contribution in [3.63, 3.8) is 0 Å². The first-order chi connectivity index (χ1) is 9.47. The van der Waals surface area contributed by atoms with E-state index in [9.17, 15) is 4.39 Å². The number of nitrogens with one attached hydrogen (secondary N) is 1. The molecule has 0 fully saturated rings. The van der Waals surface area contributed by atoms with Crippen LogP contribution in [0.3, 0.4) is 0 Å². The van der Waals surface area contributed by atoms with Crippen LogP contribution in [0.4, 0.5) is 4.39 Å². The van der Waals surface area contributed by atoms with Gasteiger partial charge in [-0.3, -0.25) is 0 Å². The molecule has 2 rings (SSSR count). The Morgan fingerprint density at radius 2 is 1.90 bits per heavy atom. The Hall–Kier alpha value is -1.19. The normalized spacial score (nSPS) is 12.4. The van der Waals surface area contributed by atoms with Crippen LogP contribution in [0.2, 0.25) is 0 Å². The van der Waals surface area contributed by atoms with Crippen molar-refractivity contribution in [1.29, 1.82) is 0 Å². The second-order valence-corrected chi connectivity index (χ2v) is 6.11. The van der Waals surface area contributed by atoms with E-state index < -0.39 is 0 Å². The Balaban J connectivity index is 2.08. The van der Waals surface area contributed by atoms with Gasteiger partial charge < -0.3 is 5.32 Å². The van der Waals surface area contributed by atoms with Gasteiger partial charge in [0.1, 0.15) is 5.82 Å². The highest BCUT2D eigenvalue weighted by atomic mass is 79.9. The van der Waals surface area contributed by atoms with Crippen LogP contribution in [0.25, 0.3) is 0 Å². The lowest BCUT2D eigenvalue weighted by Crippen LogP contribution is -2.19. The molecule has 2 aromatic rings. The van der Waals surface area contributed by atoms with Crippen molar-refractivity contribution >= 4 is 15.9 Å². The van der Waals surface area contributed by atoms with E-state index in [1.54, 1.807) is 0 Å². The molecular weight excluding hydrogens is 317 g/mol. The number of halogens is 2. The van der Waals surface area contributed by atoms with Gasteiger partial charge in [-0.25, -0.2) is 4.39 Å². The van der Waals surface area contributed by atoms with Crippen molar-refractivity contribution < 1.29 is 4.39 Å². The highest BCUT2D eigenvalue weighted by molar-refractivity contribution is 9.10. The molecule has 0 amide bonds. The van der Waals surface area contributed by atoms with E-state index in [1.165, 1.54) is 22.8 Å². The lowest BCUT2D eigenvalue weighted by Gasteiger charge is -2.17. The number of rotatable bonds is 4. The quantitative estimate of drug-likeness (QED) is 0.823. The highest BCUT2D eigenvalue weighted by Gasteiger charge is 2.10. The Bertz CT molecular complexity index is 610. The maximum Gasteiger partial charge on any atom is 0.128 e. The van der Waals surface area contributed by atoms with Crippen LogP contribution in [0, 0.1) is 19.7 Å². The smallest absolute Gasteiger partial charge is 0.128 e. The van der Waals surface area contributed by atoms with E-state index in [0.29, 0.717) is 12.1 Å². The third kappa shape index (κ3) is 3.68. The van der Waals surface area contributed by atoms with Crippen LogP contribution in [-0.2, 0) is 6.54 Å². The molecule has 0 heterocycles. The second-order valence-electron chi connectivity index (χ2n) is 5.20. The summed E-state index contributed by atoms with van der Waals surface area (Å²) in [5, 5.41) is 3.39. The summed E-state index contributed by atoms with van der Waals surface area (Å²) in [5.41, 5.74) is 4.45. The third-order valence-electron chi connectivity index (χ3n) is 3.52. The molecule has 2 aromatic carbocycles. The molecule has 0 aliphatic carbocycles. The van der Waals surface area contributed by atoms with E-state index >= 15 is 0 Å². The van der Waals surface area contributed by atoms with Gasteiger partial charge in [-0.05, 0) is 44.0 Å². The molecule has 1 atom stereocenters. The predicted molar refractivity (Wildman–Crippen MR) is 85.3 cm³/mol. The Kier molecular flexibility index (Phi) is 4.95. The first-order valence-corrected chi connectivity index (χ1v) is 7.51. The Morgan fingerprint density at radius 3 is 2.60 bits per heavy atom. The monoisotopic (exact) mass is 335 g/mol. The van der Waals surface area contributed by atoms with Crippen molar-refractivity contribution in [3.8, 4) is 0 Å². The fraction of sp³-hybridized carbons (Fsp3) is 0.294. The van der Waals surface area contributed by atoms with Gasteiger partial charge in [0.05, 0.1) is 0 Å². The highest BCUT2D eigenvalue weighted by Crippen LogP contribution is 2.20. The average molecular weight is 336 g/mol. The number of hydrogen-bond donors (Lipinski definition) is 1. The molecule has 0 aromatic heterocycles. The van der Waals surface area contributed by atoms with Crippen molar-refractivity contribution in [2.45, 2.75) is 33.4 Å². The molecule has 0 bridgehead atoms. The summed E-state index contributed by atoms with van der Waals surface area (Å²) in [5.74, 6) is -0.181. The van der Waals surface area contributed by atoms with E-state index in [4.69, 9.17) is 0 Å². The van der Waals surface area contributed by atoms with Gasteiger partial charge in [0, 0.05) is 22.6 Å². The van der Waals surface area contributed by atoms with Crippen molar-refractivity contribution in [3.05, 3.63) is 68.9 Å². The van der Waals surface area contributed by atoms with Gasteiger partial charge in [0.2, 0.25) is 0 Å². The van der Waals surface area contributed by atoms with Gasteiger partial charge in [0.15, 0.2) is 0 Å². The summed E-state index contributed by atoms with van der Waals surface area (Å²) < 4.78 is 14.5. The first kappa shape index (κ1) is 15.2. The zero-order valence-corrected chi connectivity index (χ0v) is 13.6. The summed E-state index contributed by atoms with van der Waals surface area (Å²) in [6, 6.07) is 11.8. The minimum Gasteiger partial charge on any atom is -0.306 e. The molecule has 106 valence electrons. The van der Waals surface area contributed by atoms with Crippen LogP contribution in [0.1, 0.15) is 35.2 Å². The number of benzene rings is 2. The lowest BCUT2D eigenvalue weighted by molar-refractivity contribution is 0.542. The fourth-order valence-electron chi connectivity index (χ4n) is 2.26. The fourth-order valence-corrected chi connectivity index (χ4v) is 2.60. The van der Waals surface area contributed by atoms with E-state index in [-0.39, 0.29) is 11.9 Å². The first-order valence-electron chi connectivity index (χ1n) is 6.72. The maximum atomic E-state index is 13.8. The van der Waals surface area contributed by atoms with Crippen LogP contribution in [0.15, 0.2) is 40.9 Å². The van der Waals surface area contributed by atoms with Gasteiger partial charge in [-0.15, -0.1) is 0 Å². The van der Waals surface area contributed by atoms with Crippen LogP contribution in [-0.4, -0.2) is 0 Å². The largest absolute Gasteiger partial charge is 0.306 e. The Labute approximate surface area is 128 Å². The molecule has 0 aliphatic heterocycles. The maximum absolute atomic E-state index is 13.8. The standard InChI is InChI=1S/C17H19BrFN/c1-11-4-5-12(2)16(8-11)13(3)20-10-14-6-7-15(18)9-17(14)19/h4-9,13,20H,10H2,1-3H3. The third-order valence-corrected chi connectivity index (χ3v) is 4.01. The summed E-state index contributed by atoms with van der Waals surface area (Å²) in [6.45, 7) is 6.82. The zero-order chi connectivity index (χ0) is 14.7. The Morgan fingerprint density at radius 1 is 1.15 bits per heavy atom. The summed E-state index contributed by atoms with van der Waals surface area (Å²) >= 11 is 3.27. The zero-order valence-electron chi connectivity index (χ0n) is 12.0. The second kappa shape index (κ2) is 6.51. The molecule has 0 radical (unpaired) electrons. The van der Waals surface area contributed by atoms with Crippen LogP contribution < -0.4 is 5.32 Å². The topological polar surface area (TPSA) is 12.0 Å². The molecule has 0 saturated heterocycles. The molecule has 1 nitrogen and oxygen atoms in total. The van der Waals surface area contributed by atoms with Gasteiger partial charge in [-0.2, -0.15) is 0 Å². The predicted octanol–water partition coefficient (Wildman–Crippen LogP) is 5.06. The van der Waals surface area contributed by atoms with E-state index in [2.05, 4.69) is 60.2 Å². The van der Waals surface area contributed by atoms with Crippen molar-refractivity contribution in [2.24, 2.45) is 0 Å². The van der Waals surface area contributed by atoms with Crippen LogP contribution in [0.5, 0.6) is 0 Å². The molecular formula is C17H19BrFN. The van der Waals surface area contributed by atoms with Gasteiger partial charge >= 0.3 is 0 Å². The van der Waals surface area contributed by atoms with Crippen molar-refractivity contribution in [2.75, 3.05) is 0 Å². The molecule has 3 heteroatoms. The minimum atomic E-state index is -0.181.